The second-order valence-corrected chi connectivity index (χ2v) is 14.2. The molecular weight excluding hydrogens is 646 g/mol. The van der Waals surface area contributed by atoms with E-state index < -0.39 is 5.62 Å². The van der Waals surface area contributed by atoms with Crippen LogP contribution >= 0.6 is 46.4 Å². The van der Waals surface area contributed by atoms with Crippen LogP contribution in [0.25, 0.3) is 44.4 Å². The second-order valence-electron chi connectivity index (χ2n) is 12.7. The van der Waals surface area contributed by atoms with Gasteiger partial charge in [0.05, 0.1) is 6.04 Å². The second kappa shape index (κ2) is 10.1. The van der Waals surface area contributed by atoms with E-state index in [0.717, 1.165) is 16.5 Å². The van der Waals surface area contributed by atoms with Gasteiger partial charge in [-0.25, -0.2) is 9.98 Å². The normalized spacial score (nSPS) is 20.3. The van der Waals surface area contributed by atoms with Crippen molar-refractivity contribution in [1.29, 1.82) is 0 Å². The van der Waals surface area contributed by atoms with Crippen LogP contribution in [0.4, 0.5) is 0 Å². The molecule has 2 aliphatic carbocycles. The maximum absolute atomic E-state index is 6.46. The standard InChI is InChI=1S/C35H26Cl4N6/c1-34(2)23-11-16(29-42-32(38)45-33(39)43-29)9-10-18(23)20-12-25-22(14-24(20)34)28-19-8-6-5-7-17(19)21(13-26(28)35(25,3)4)27-15-40-30(36)44-31(37)41-27/h5-15,27,31,41H,1-4H3. The number of hydrogen-bond acceptors (Lipinski definition) is 6. The molecular formula is C35H26Cl4N6. The summed E-state index contributed by atoms with van der Waals surface area (Å²) in [6.07, 6.45) is 1.79. The minimum absolute atomic E-state index is 0.0717. The van der Waals surface area contributed by atoms with Crippen LogP contribution in [-0.2, 0) is 10.8 Å². The first-order valence-corrected chi connectivity index (χ1v) is 16.2. The molecule has 2 heterocycles. The van der Waals surface area contributed by atoms with Gasteiger partial charge in [0.2, 0.25) is 15.9 Å². The Morgan fingerprint density at radius 2 is 1.33 bits per heavy atom. The van der Waals surface area contributed by atoms with Gasteiger partial charge in [-0.15, -0.1) is 0 Å². The maximum atomic E-state index is 6.46. The lowest BCUT2D eigenvalue weighted by atomic mass is 9.79. The number of rotatable bonds is 2. The molecule has 8 rings (SSSR count). The Bertz CT molecular complexity index is 2150. The fourth-order valence-corrected chi connectivity index (χ4v) is 8.14. The van der Waals surface area contributed by atoms with Gasteiger partial charge >= 0.3 is 0 Å². The summed E-state index contributed by atoms with van der Waals surface area (Å²) in [6, 6.07) is 21.8. The van der Waals surface area contributed by atoms with Crippen molar-refractivity contribution in [2.24, 2.45) is 9.98 Å². The number of benzene rings is 4. The quantitative estimate of drug-likeness (QED) is 0.150. The number of alkyl halides is 1. The highest BCUT2D eigenvalue weighted by atomic mass is 35.5. The van der Waals surface area contributed by atoms with E-state index in [2.05, 4.69) is 113 Å². The summed E-state index contributed by atoms with van der Waals surface area (Å²) in [5, 5.41) is 5.95. The molecule has 5 aromatic rings. The van der Waals surface area contributed by atoms with Gasteiger partial charge in [0, 0.05) is 22.6 Å². The lowest BCUT2D eigenvalue weighted by Crippen LogP contribution is -2.28. The van der Waals surface area contributed by atoms with Gasteiger partial charge in [0.15, 0.2) is 11.4 Å². The van der Waals surface area contributed by atoms with Crippen LogP contribution in [0, 0.1) is 0 Å². The molecule has 0 bridgehead atoms. The Hall–Kier alpha value is -3.39. The Kier molecular flexibility index (Phi) is 6.49. The summed E-state index contributed by atoms with van der Waals surface area (Å²) in [6.45, 7) is 9.16. The Labute approximate surface area is 280 Å². The average molecular weight is 672 g/mol. The van der Waals surface area contributed by atoms with Crippen LogP contribution in [0.2, 0.25) is 10.6 Å². The molecule has 1 aromatic heterocycles. The first kappa shape index (κ1) is 29.0. The molecule has 224 valence electrons. The van der Waals surface area contributed by atoms with E-state index >= 15 is 0 Å². The molecule has 0 saturated heterocycles. The third-order valence-corrected chi connectivity index (χ3v) is 10.3. The van der Waals surface area contributed by atoms with Crippen molar-refractivity contribution >= 4 is 68.7 Å². The largest absolute Gasteiger partial charge is 0.271 e. The van der Waals surface area contributed by atoms with E-state index in [1.165, 1.54) is 49.9 Å². The smallest absolute Gasteiger partial charge is 0.227 e. The van der Waals surface area contributed by atoms with Gasteiger partial charge in [-0.1, -0.05) is 81.8 Å². The van der Waals surface area contributed by atoms with Crippen LogP contribution in [0.15, 0.2) is 70.6 Å². The number of fused-ring (bicyclic) bond motifs is 8. The van der Waals surface area contributed by atoms with Gasteiger partial charge in [0.1, 0.15) is 0 Å². The maximum Gasteiger partial charge on any atom is 0.227 e. The minimum atomic E-state index is -0.688. The molecule has 0 spiro atoms. The van der Waals surface area contributed by atoms with Crippen molar-refractivity contribution in [1.82, 2.24) is 20.3 Å². The first-order chi connectivity index (χ1) is 21.4. The van der Waals surface area contributed by atoms with E-state index in [9.17, 15) is 0 Å². The highest BCUT2D eigenvalue weighted by Crippen LogP contribution is 2.58. The third-order valence-electron chi connectivity index (χ3n) is 9.55. The van der Waals surface area contributed by atoms with E-state index in [1.54, 1.807) is 6.21 Å². The van der Waals surface area contributed by atoms with Gasteiger partial charge in [0.25, 0.3) is 0 Å². The topological polar surface area (TPSA) is 75.4 Å². The summed E-state index contributed by atoms with van der Waals surface area (Å²) in [5.74, 6) is 0.455. The Morgan fingerprint density at radius 3 is 2.09 bits per heavy atom. The average Bonchev–Trinajstić information content (AvgIpc) is 3.26. The summed E-state index contributed by atoms with van der Waals surface area (Å²) in [7, 11) is 0. The van der Waals surface area contributed by atoms with Gasteiger partial charge in [-0.3, -0.25) is 5.32 Å². The number of halogens is 4. The number of nitrogens with one attached hydrogen (secondary N) is 1. The third kappa shape index (κ3) is 4.38. The molecule has 1 aliphatic heterocycles. The lowest BCUT2D eigenvalue weighted by molar-refractivity contribution is 0.630. The van der Waals surface area contributed by atoms with Crippen molar-refractivity contribution < 1.29 is 0 Å². The number of hydrogen-bond donors (Lipinski definition) is 1. The molecule has 1 N–H and O–H groups in total. The highest BCUT2D eigenvalue weighted by Gasteiger charge is 2.43. The molecule has 6 nitrogen and oxygen atoms in total. The predicted molar refractivity (Wildman–Crippen MR) is 185 cm³/mol. The van der Waals surface area contributed by atoms with Crippen molar-refractivity contribution in [2.45, 2.75) is 50.2 Å². The van der Waals surface area contributed by atoms with E-state index in [-0.39, 0.29) is 32.7 Å². The van der Waals surface area contributed by atoms with Gasteiger partial charge in [-0.05, 0) is 114 Å². The molecule has 10 heteroatoms. The summed E-state index contributed by atoms with van der Waals surface area (Å²) >= 11 is 24.8. The fourth-order valence-electron chi connectivity index (χ4n) is 7.35. The first-order valence-electron chi connectivity index (χ1n) is 14.6. The van der Waals surface area contributed by atoms with Crippen molar-refractivity contribution in [3.63, 3.8) is 0 Å². The zero-order valence-electron chi connectivity index (χ0n) is 24.8. The molecule has 0 fully saturated rings. The van der Waals surface area contributed by atoms with Crippen molar-refractivity contribution in [3.05, 3.63) is 99.0 Å². The molecule has 0 amide bonds. The lowest BCUT2D eigenvalue weighted by Gasteiger charge is -2.25. The Morgan fingerprint density at radius 1 is 0.689 bits per heavy atom. The van der Waals surface area contributed by atoms with Crippen LogP contribution in [-0.4, -0.2) is 32.1 Å². The summed E-state index contributed by atoms with van der Waals surface area (Å²) in [5.41, 5.74) is 10.7. The highest BCUT2D eigenvalue weighted by molar-refractivity contribution is 6.65. The van der Waals surface area contributed by atoms with Crippen LogP contribution < -0.4 is 5.32 Å². The minimum Gasteiger partial charge on any atom is -0.271 e. The number of amidine groups is 1. The van der Waals surface area contributed by atoms with Crippen molar-refractivity contribution in [3.8, 4) is 33.6 Å². The number of nitrogens with zero attached hydrogens (tertiary/aromatic N) is 5. The van der Waals surface area contributed by atoms with Crippen LogP contribution in [0.5, 0.6) is 0 Å². The van der Waals surface area contributed by atoms with E-state index in [1.807, 2.05) is 6.07 Å². The SMILES string of the molecule is CC1(C)c2cc(-c3nc(Cl)nc(Cl)n3)ccc2-c2cc3c(cc21)-c1c(cc(C2C=NC(Cl)=NC(Cl)N2)c2ccccc12)C3(C)C. The fraction of sp³-hybridized carbons (Fsp3) is 0.229. The zero-order valence-corrected chi connectivity index (χ0v) is 27.8. The Balaban J connectivity index is 1.31. The summed E-state index contributed by atoms with van der Waals surface area (Å²) < 4.78 is 0. The van der Waals surface area contributed by atoms with Gasteiger partial charge in [-0.2, -0.15) is 15.0 Å². The van der Waals surface area contributed by atoms with E-state index in [0.29, 0.717) is 5.82 Å². The van der Waals surface area contributed by atoms with Crippen LogP contribution in [0.3, 0.4) is 0 Å². The molecule has 4 aromatic carbocycles. The van der Waals surface area contributed by atoms with Crippen molar-refractivity contribution in [2.75, 3.05) is 0 Å². The predicted octanol–water partition coefficient (Wildman–Crippen LogP) is 9.44. The number of aromatic nitrogens is 3. The van der Waals surface area contributed by atoms with Crippen LogP contribution in [0.1, 0.15) is 61.6 Å². The molecule has 45 heavy (non-hydrogen) atoms. The molecule has 3 aliphatic rings. The molecule has 2 unspecified atom stereocenters. The monoisotopic (exact) mass is 670 g/mol. The molecule has 0 saturated carbocycles. The van der Waals surface area contributed by atoms with E-state index in [4.69, 9.17) is 46.4 Å². The molecule has 2 atom stereocenters. The molecule has 0 radical (unpaired) electrons. The zero-order chi connectivity index (χ0) is 31.4. The number of aliphatic imine (C=N–C) groups is 2. The summed E-state index contributed by atoms with van der Waals surface area (Å²) in [4.78, 5) is 21.1. The van der Waals surface area contributed by atoms with Gasteiger partial charge < -0.3 is 0 Å².